The molecular weight excluding hydrogens is 315 g/mol. The van der Waals surface area contributed by atoms with Crippen LogP contribution in [0, 0.1) is 0 Å². The van der Waals surface area contributed by atoms with E-state index in [1.54, 1.807) is 6.92 Å². The summed E-state index contributed by atoms with van der Waals surface area (Å²) in [6.45, 7) is 5.62. The Kier molecular flexibility index (Phi) is 6.09. The molecule has 0 aliphatic carbocycles. The van der Waals surface area contributed by atoms with E-state index in [1.807, 2.05) is 0 Å². The number of sulfone groups is 1. The summed E-state index contributed by atoms with van der Waals surface area (Å²) in [6, 6.07) is 0. The van der Waals surface area contributed by atoms with Crippen LogP contribution in [-0.2, 0) is 14.6 Å². The Morgan fingerprint density at radius 3 is 2.05 bits per heavy atom. The number of alkyl halides is 3. The predicted molar refractivity (Wildman–Crippen MR) is 71.8 cm³/mol. The molecular formula is C10H20F3NO4SSi. The number of carbonyl (C=O) groups excluding carboxylic acids is 1. The third-order valence-electron chi connectivity index (χ3n) is 2.68. The largest absolute Gasteiger partial charge is 0.497 e. The summed E-state index contributed by atoms with van der Waals surface area (Å²) in [5.41, 5.74) is -5.33. The molecule has 0 heterocycles. The van der Waals surface area contributed by atoms with Gasteiger partial charge in [-0.2, -0.15) is 13.2 Å². The smallest absolute Gasteiger partial charge is 0.450 e. The lowest BCUT2D eigenvalue weighted by atomic mass is 10.6. The molecule has 5 nitrogen and oxygen atoms in total. The van der Waals surface area contributed by atoms with Gasteiger partial charge in [-0.15, -0.1) is 0 Å². The van der Waals surface area contributed by atoms with Crippen molar-refractivity contribution in [1.29, 1.82) is 0 Å². The summed E-state index contributed by atoms with van der Waals surface area (Å²) >= 11 is 0. The van der Waals surface area contributed by atoms with E-state index in [0.29, 0.717) is 0 Å². The van der Waals surface area contributed by atoms with Crippen molar-refractivity contribution < 1.29 is 31.1 Å². The molecule has 0 N–H and O–H groups in total. The molecule has 0 fully saturated rings. The summed E-state index contributed by atoms with van der Waals surface area (Å²) in [4.78, 5) is 10.7. The summed E-state index contributed by atoms with van der Waals surface area (Å²) in [6.07, 6.45) is -0.840. The molecule has 1 unspecified atom stereocenters. The van der Waals surface area contributed by atoms with Gasteiger partial charge < -0.3 is 9.64 Å². The molecule has 0 aromatic heterocycles. The first kappa shape index (κ1) is 19.2. The van der Waals surface area contributed by atoms with E-state index < -0.39 is 40.9 Å². The number of hydrogen-bond donors (Lipinski definition) is 0. The van der Waals surface area contributed by atoms with Gasteiger partial charge in [-0.05, 0) is 6.92 Å². The van der Waals surface area contributed by atoms with Gasteiger partial charge in [0.1, 0.15) is 0 Å². The van der Waals surface area contributed by atoms with Crippen LogP contribution >= 0.6 is 0 Å². The molecule has 0 aromatic carbocycles. The summed E-state index contributed by atoms with van der Waals surface area (Å²) < 4.78 is 66.1. The van der Waals surface area contributed by atoms with E-state index in [-0.39, 0.29) is 6.61 Å². The average Bonchev–Trinajstić information content (AvgIpc) is 2.22. The average molecular weight is 335 g/mol. The maximum Gasteiger partial charge on any atom is 0.497 e. The highest BCUT2D eigenvalue weighted by atomic mass is 32.2. The van der Waals surface area contributed by atoms with E-state index in [0.717, 1.165) is 4.90 Å². The quantitative estimate of drug-likeness (QED) is 0.723. The number of amides is 1. The number of hydrogen-bond acceptors (Lipinski definition) is 4. The molecule has 0 aliphatic heterocycles. The monoisotopic (exact) mass is 335 g/mol. The van der Waals surface area contributed by atoms with Crippen molar-refractivity contribution in [2.45, 2.75) is 36.9 Å². The Morgan fingerprint density at radius 1 is 1.30 bits per heavy atom. The van der Waals surface area contributed by atoms with Crippen molar-refractivity contribution in [2.75, 3.05) is 20.2 Å². The minimum Gasteiger partial charge on any atom is -0.450 e. The third-order valence-corrected chi connectivity index (χ3v) is 9.39. The number of halogens is 3. The Labute approximate surface area is 118 Å². The highest BCUT2D eigenvalue weighted by Gasteiger charge is 2.55. The lowest BCUT2D eigenvalue weighted by Gasteiger charge is -2.32. The lowest BCUT2D eigenvalue weighted by molar-refractivity contribution is -0.0441. The van der Waals surface area contributed by atoms with Crippen LogP contribution in [0.15, 0.2) is 0 Å². The molecule has 0 spiro atoms. The first-order chi connectivity index (χ1) is 8.75. The predicted octanol–water partition coefficient (Wildman–Crippen LogP) is 2.26. The SMILES string of the molecule is CCOC(=O)N(C)CC([Si](C)(C)C)S(=O)(=O)C(F)(F)F. The highest BCUT2D eigenvalue weighted by molar-refractivity contribution is 7.94. The van der Waals surface area contributed by atoms with Crippen molar-refractivity contribution in [2.24, 2.45) is 0 Å². The highest BCUT2D eigenvalue weighted by Crippen LogP contribution is 2.31. The van der Waals surface area contributed by atoms with Crippen molar-refractivity contribution in [3.63, 3.8) is 0 Å². The van der Waals surface area contributed by atoms with E-state index in [9.17, 15) is 26.4 Å². The van der Waals surface area contributed by atoms with Crippen molar-refractivity contribution in [3.8, 4) is 0 Å². The second kappa shape index (κ2) is 6.33. The van der Waals surface area contributed by atoms with E-state index >= 15 is 0 Å². The molecule has 1 amide bonds. The zero-order chi connectivity index (χ0) is 16.4. The van der Waals surface area contributed by atoms with Gasteiger partial charge in [-0.3, -0.25) is 0 Å². The number of nitrogens with zero attached hydrogens (tertiary/aromatic N) is 1. The molecule has 0 aromatic rings. The van der Waals surface area contributed by atoms with Crippen LogP contribution in [0.25, 0.3) is 0 Å². The first-order valence-electron chi connectivity index (χ1n) is 5.93. The minimum atomic E-state index is -5.33. The zero-order valence-electron chi connectivity index (χ0n) is 12.1. The lowest BCUT2D eigenvalue weighted by Crippen LogP contribution is -2.55. The molecule has 0 aliphatic rings. The molecule has 10 heteroatoms. The fraction of sp³-hybridized carbons (Fsp3) is 0.900. The maximum absolute atomic E-state index is 12.7. The third kappa shape index (κ3) is 4.65. The molecule has 0 saturated heterocycles. The Hall–Kier alpha value is -0.773. The van der Waals surface area contributed by atoms with Crippen LogP contribution in [-0.4, -0.2) is 58.1 Å². The molecule has 0 saturated carbocycles. The fourth-order valence-electron chi connectivity index (χ4n) is 1.56. The van der Waals surface area contributed by atoms with Gasteiger partial charge in [0.2, 0.25) is 9.84 Å². The normalized spacial score (nSPS) is 14.8. The second-order valence-electron chi connectivity index (χ2n) is 5.42. The van der Waals surface area contributed by atoms with Gasteiger partial charge in [-0.25, -0.2) is 13.2 Å². The number of rotatable bonds is 5. The Morgan fingerprint density at radius 2 is 1.75 bits per heavy atom. The van der Waals surface area contributed by atoms with Crippen LogP contribution in [0.5, 0.6) is 0 Å². The van der Waals surface area contributed by atoms with Crippen LogP contribution in [0.4, 0.5) is 18.0 Å². The van der Waals surface area contributed by atoms with Crippen LogP contribution in [0.1, 0.15) is 6.92 Å². The molecule has 20 heavy (non-hydrogen) atoms. The zero-order valence-corrected chi connectivity index (χ0v) is 13.9. The van der Waals surface area contributed by atoms with Gasteiger partial charge in [0, 0.05) is 13.6 Å². The van der Waals surface area contributed by atoms with E-state index in [1.165, 1.54) is 26.7 Å². The summed E-state index contributed by atoms with van der Waals surface area (Å²) in [7, 11) is -6.83. The van der Waals surface area contributed by atoms with Crippen molar-refractivity contribution in [3.05, 3.63) is 0 Å². The number of ether oxygens (including phenoxy) is 1. The standard InChI is InChI=1S/C10H20F3NO4SSi/c1-6-18-9(15)14(2)7-8(20(3,4)5)19(16,17)10(11,12)13/h8H,6-7H2,1-5H3. The molecule has 0 bridgehead atoms. The molecule has 0 radical (unpaired) electrons. The van der Waals surface area contributed by atoms with Gasteiger partial charge in [0.05, 0.1) is 19.6 Å². The van der Waals surface area contributed by atoms with Gasteiger partial charge in [0.15, 0.2) is 0 Å². The van der Waals surface area contributed by atoms with Gasteiger partial charge in [0.25, 0.3) is 0 Å². The van der Waals surface area contributed by atoms with E-state index in [4.69, 9.17) is 0 Å². The van der Waals surface area contributed by atoms with E-state index in [2.05, 4.69) is 4.74 Å². The van der Waals surface area contributed by atoms with Crippen molar-refractivity contribution >= 4 is 24.0 Å². The fourth-order valence-corrected chi connectivity index (χ4v) is 7.24. The summed E-state index contributed by atoms with van der Waals surface area (Å²) in [5, 5.41) is 0. The van der Waals surface area contributed by atoms with Gasteiger partial charge in [-0.1, -0.05) is 19.6 Å². The second-order valence-corrected chi connectivity index (χ2v) is 13.4. The van der Waals surface area contributed by atoms with Crippen LogP contribution in [0.2, 0.25) is 19.6 Å². The Bertz CT molecular complexity index is 444. The molecule has 0 rings (SSSR count). The Balaban J connectivity index is 5.39. The van der Waals surface area contributed by atoms with Gasteiger partial charge >= 0.3 is 11.6 Å². The van der Waals surface area contributed by atoms with Crippen molar-refractivity contribution in [1.82, 2.24) is 4.90 Å². The summed E-state index contributed by atoms with van der Waals surface area (Å²) in [5.74, 6) is 0. The minimum absolute atomic E-state index is 0.0623. The maximum atomic E-state index is 12.7. The van der Waals surface area contributed by atoms with Crippen LogP contribution in [0.3, 0.4) is 0 Å². The molecule has 120 valence electrons. The first-order valence-corrected chi connectivity index (χ1v) is 11.1. The topological polar surface area (TPSA) is 63.7 Å². The van der Waals surface area contributed by atoms with Crippen LogP contribution < -0.4 is 0 Å². The molecule has 1 atom stereocenters. The number of carbonyl (C=O) groups is 1.